The van der Waals surface area contributed by atoms with E-state index in [1.54, 1.807) is 22.3 Å². The van der Waals surface area contributed by atoms with Gasteiger partial charge in [-0.3, -0.25) is 0 Å². The zero-order chi connectivity index (χ0) is 29.5. The molecule has 4 aliphatic carbocycles. The van der Waals surface area contributed by atoms with Gasteiger partial charge in [-0.05, 0) is 0 Å². The van der Waals surface area contributed by atoms with E-state index in [9.17, 15) is 0 Å². The fourth-order valence-electron chi connectivity index (χ4n) is 8.62. The maximum absolute atomic E-state index is 2.60. The summed E-state index contributed by atoms with van der Waals surface area (Å²) in [5.74, 6) is 1.87. The third-order valence-electron chi connectivity index (χ3n) is 11.0. The van der Waals surface area contributed by atoms with E-state index in [2.05, 4.69) is 93.3 Å². The Morgan fingerprint density at radius 3 is 1.84 bits per heavy atom. The molecule has 0 aliphatic heterocycles. The number of hydrogen-bond acceptors (Lipinski definition) is 0. The van der Waals surface area contributed by atoms with Crippen molar-refractivity contribution in [2.24, 2.45) is 11.8 Å². The van der Waals surface area contributed by atoms with Gasteiger partial charge in [-0.2, -0.15) is 0 Å². The summed E-state index contributed by atoms with van der Waals surface area (Å²) in [5, 5.41) is 0. The number of fused-ring (bicyclic) bond motifs is 3. The maximum Gasteiger partial charge on any atom is -1.00 e. The average molecular weight is 711 g/mol. The predicted molar refractivity (Wildman–Crippen MR) is 181 cm³/mol. The van der Waals surface area contributed by atoms with Crippen molar-refractivity contribution in [1.82, 2.24) is 0 Å². The summed E-state index contributed by atoms with van der Waals surface area (Å²) in [4.78, 5) is 0. The first-order chi connectivity index (χ1) is 20.1. The molecule has 6 rings (SSSR count). The van der Waals surface area contributed by atoms with Crippen molar-refractivity contribution in [2.45, 2.75) is 142 Å². The Labute approximate surface area is 289 Å². The van der Waals surface area contributed by atoms with Gasteiger partial charge in [-0.1, -0.05) is 0 Å². The third-order valence-corrected chi connectivity index (χ3v) is 18.8. The summed E-state index contributed by atoms with van der Waals surface area (Å²) in [6.45, 7) is 14.6. The average Bonchev–Trinajstić information content (AvgIpc) is 3.61. The van der Waals surface area contributed by atoms with Crippen LogP contribution in [-0.4, -0.2) is 3.21 Å². The summed E-state index contributed by atoms with van der Waals surface area (Å²) in [6, 6.07) is 12.5. The second kappa shape index (κ2) is 15.0. The Bertz CT molecular complexity index is 1380. The molecule has 0 atom stereocenters. The van der Waals surface area contributed by atoms with Crippen molar-refractivity contribution in [1.29, 1.82) is 0 Å². The first-order valence-corrected chi connectivity index (χ1v) is 21.2. The van der Waals surface area contributed by atoms with Gasteiger partial charge in [-0.25, -0.2) is 0 Å². The number of halogens is 2. The van der Waals surface area contributed by atoms with Crippen LogP contribution in [0.5, 0.6) is 0 Å². The molecule has 0 N–H and O–H groups in total. The van der Waals surface area contributed by atoms with E-state index in [0.717, 1.165) is 18.3 Å². The van der Waals surface area contributed by atoms with E-state index in [1.165, 1.54) is 94.6 Å². The van der Waals surface area contributed by atoms with Crippen LogP contribution < -0.4 is 28.1 Å². The molecule has 0 spiro atoms. The van der Waals surface area contributed by atoms with Crippen molar-refractivity contribution >= 4 is 6.48 Å². The second-order valence-electron chi connectivity index (χ2n) is 16.3. The zero-order valence-corrected chi connectivity index (χ0v) is 32.4. The molecular formula is C41H56Cl2Zr. The molecular weight excluding hydrogens is 655 g/mol. The van der Waals surface area contributed by atoms with Gasteiger partial charge in [0.25, 0.3) is 0 Å². The molecule has 0 amide bonds. The molecule has 0 saturated heterocycles. The van der Waals surface area contributed by atoms with E-state index < -0.39 is 21.3 Å². The van der Waals surface area contributed by atoms with Gasteiger partial charge in [0.1, 0.15) is 0 Å². The van der Waals surface area contributed by atoms with Crippen molar-refractivity contribution in [3.63, 3.8) is 0 Å². The van der Waals surface area contributed by atoms with Gasteiger partial charge < -0.3 is 24.8 Å². The summed E-state index contributed by atoms with van der Waals surface area (Å²) in [7, 11) is 0. The first kappa shape index (κ1) is 36.1. The fraction of sp³-hybridized carbons (Fsp3) is 0.585. The van der Waals surface area contributed by atoms with Gasteiger partial charge in [0.2, 0.25) is 0 Å². The quantitative estimate of drug-likeness (QED) is 0.336. The van der Waals surface area contributed by atoms with Crippen LogP contribution in [0.25, 0.3) is 11.1 Å². The first-order valence-electron chi connectivity index (χ1n) is 17.5. The topological polar surface area (TPSA) is 0 Å². The molecule has 238 valence electrons. The summed E-state index contributed by atoms with van der Waals surface area (Å²) >= 11 is -2.38. The van der Waals surface area contributed by atoms with Crippen LogP contribution in [0.4, 0.5) is 0 Å². The van der Waals surface area contributed by atoms with Crippen LogP contribution >= 0.6 is 0 Å². The number of hydrogen-bond donors (Lipinski definition) is 0. The molecule has 2 aromatic carbocycles. The van der Waals surface area contributed by atoms with Crippen molar-refractivity contribution in [2.75, 3.05) is 0 Å². The second-order valence-corrected chi connectivity index (χ2v) is 22.7. The van der Waals surface area contributed by atoms with Crippen LogP contribution in [0, 0.1) is 11.8 Å². The van der Waals surface area contributed by atoms with Gasteiger partial charge in [0.15, 0.2) is 0 Å². The Kier molecular flexibility index (Phi) is 12.3. The molecule has 2 saturated carbocycles. The van der Waals surface area contributed by atoms with Crippen LogP contribution in [0.15, 0.2) is 51.8 Å². The molecule has 4 aliphatic rings. The largest absolute Gasteiger partial charge is 1.00 e. The van der Waals surface area contributed by atoms with Crippen molar-refractivity contribution in [3.05, 3.63) is 74.1 Å². The number of allylic oxidation sites excluding steroid dienone is 4. The molecule has 0 nitrogen and oxygen atoms in total. The number of benzene rings is 2. The minimum absolute atomic E-state index is 0. The standard InChI is InChI=1S/C21H25.C15H26.C5H5.2ClH.Zr/c1-20(2,3)16-7-9-18-14(12-16)11-15-13-17(21(4,5)6)8-10-19(15)18;1-3-8-14(9-4-1)12-7-13-15-10-5-2-6-11-15;1-2-4-5-3-1;;;/h7-10,12H,11H2,1-6H3;14-15H,1-6,8-13H2;1-3H,4H2;2*1H;/q;;;;;+2/p-2. The van der Waals surface area contributed by atoms with Crippen molar-refractivity contribution in [3.8, 4) is 11.1 Å². The fourth-order valence-corrected chi connectivity index (χ4v) is 18.3. The third kappa shape index (κ3) is 7.85. The van der Waals surface area contributed by atoms with Gasteiger partial charge in [0, 0.05) is 0 Å². The van der Waals surface area contributed by atoms with Crippen LogP contribution in [0.3, 0.4) is 0 Å². The van der Waals surface area contributed by atoms with Crippen LogP contribution in [0.2, 0.25) is 0 Å². The Balaban J connectivity index is 0.00000221. The Morgan fingerprint density at radius 2 is 1.32 bits per heavy atom. The maximum atomic E-state index is 2.60. The summed E-state index contributed by atoms with van der Waals surface area (Å²) in [6.07, 6.45) is 27.4. The molecule has 44 heavy (non-hydrogen) atoms. The molecule has 3 heteroatoms. The van der Waals surface area contributed by atoms with E-state index in [0.29, 0.717) is 0 Å². The van der Waals surface area contributed by atoms with E-state index in [4.69, 9.17) is 0 Å². The molecule has 0 heterocycles. The molecule has 2 fully saturated rings. The van der Waals surface area contributed by atoms with Crippen LogP contribution in [0.1, 0.15) is 147 Å². The predicted octanol–water partition coefficient (Wildman–Crippen LogP) is 5.06. The van der Waals surface area contributed by atoms with Gasteiger partial charge in [0.05, 0.1) is 0 Å². The minimum Gasteiger partial charge on any atom is -1.00 e. The van der Waals surface area contributed by atoms with Crippen molar-refractivity contribution < 1.29 is 46.1 Å². The van der Waals surface area contributed by atoms with E-state index >= 15 is 0 Å². The zero-order valence-electron chi connectivity index (χ0n) is 28.4. The molecule has 2 aromatic rings. The summed E-state index contributed by atoms with van der Waals surface area (Å²) < 4.78 is 5.85. The molecule has 0 unspecified atom stereocenters. The van der Waals surface area contributed by atoms with Gasteiger partial charge >= 0.3 is 267 Å². The smallest absolute Gasteiger partial charge is 1.00 e. The monoisotopic (exact) mass is 708 g/mol. The molecule has 0 aromatic heterocycles. The molecule has 0 radical (unpaired) electrons. The Hall–Kier alpha value is -0.747. The van der Waals surface area contributed by atoms with Crippen LogP contribution in [-0.2, 0) is 38.5 Å². The minimum atomic E-state index is -2.38. The van der Waals surface area contributed by atoms with E-state index in [1.807, 2.05) is 6.55 Å². The van der Waals surface area contributed by atoms with Gasteiger partial charge in [-0.15, -0.1) is 0 Å². The Morgan fingerprint density at radius 1 is 0.727 bits per heavy atom. The number of rotatable bonds is 6. The molecule has 0 bridgehead atoms. The normalized spacial score (nSPS) is 18.4. The van der Waals surface area contributed by atoms with E-state index in [-0.39, 0.29) is 35.6 Å². The SMILES string of the molecule is CC(C)(C)c1ccc2c(c1)Cc1c-2ccc(C(C)(C)C)[c]1[Zr+2]([C]1=CC=CC1)=[C](CC1CCCCC1)CC1CCCCC1.[Cl-].[Cl-]. The summed E-state index contributed by atoms with van der Waals surface area (Å²) in [5.41, 5.74) is 9.89.